The van der Waals surface area contributed by atoms with E-state index in [0.717, 1.165) is 34.7 Å². The van der Waals surface area contributed by atoms with Gasteiger partial charge in [0.25, 0.3) is 5.91 Å². The molecule has 0 saturated carbocycles. The van der Waals surface area contributed by atoms with Gasteiger partial charge in [-0.1, -0.05) is 18.9 Å². The highest BCUT2D eigenvalue weighted by molar-refractivity contribution is 7.13. The molecule has 4 aromatic heterocycles. The molecule has 1 unspecified atom stereocenters. The molecule has 2 N–H and O–H groups in total. The molecule has 8 heteroatoms. The van der Waals surface area contributed by atoms with Gasteiger partial charge in [0, 0.05) is 30.5 Å². The second-order valence-corrected chi connectivity index (χ2v) is 8.70. The molecule has 1 aliphatic rings. The van der Waals surface area contributed by atoms with Crippen molar-refractivity contribution in [3.8, 4) is 21.8 Å². The van der Waals surface area contributed by atoms with E-state index in [-0.39, 0.29) is 5.91 Å². The Morgan fingerprint density at radius 1 is 1.23 bits per heavy atom. The highest BCUT2D eigenvalue weighted by Gasteiger charge is 2.16. The SMILES string of the molecule is O=C(NCC1CCCCCN1)c1ccnc(-c2cnn3ccc(-c4cccs4)nc23)c1. The monoisotopic (exact) mass is 432 g/mol. The van der Waals surface area contributed by atoms with Crippen LogP contribution in [0.1, 0.15) is 36.0 Å². The normalized spacial score (nSPS) is 16.8. The van der Waals surface area contributed by atoms with Crippen molar-refractivity contribution >= 4 is 22.9 Å². The summed E-state index contributed by atoms with van der Waals surface area (Å²) in [6.07, 6.45) is 10.1. The Morgan fingerprint density at radius 2 is 2.19 bits per heavy atom. The number of rotatable bonds is 5. The summed E-state index contributed by atoms with van der Waals surface area (Å²) < 4.78 is 1.73. The predicted octanol–water partition coefficient (Wildman–Crippen LogP) is 3.78. The van der Waals surface area contributed by atoms with Crippen molar-refractivity contribution in [1.29, 1.82) is 0 Å². The lowest BCUT2D eigenvalue weighted by Gasteiger charge is -2.16. The van der Waals surface area contributed by atoms with Crippen LogP contribution in [0.25, 0.3) is 27.5 Å². The third-order valence-electron chi connectivity index (χ3n) is 5.61. The Hall–Kier alpha value is -3.10. The number of carbonyl (C=O) groups is 1. The molecule has 4 aromatic rings. The summed E-state index contributed by atoms with van der Waals surface area (Å²) in [6, 6.07) is 9.91. The molecule has 1 aliphatic heterocycles. The molecule has 7 nitrogen and oxygen atoms in total. The maximum atomic E-state index is 12.8. The smallest absolute Gasteiger partial charge is 0.251 e. The Kier molecular flexibility index (Phi) is 5.73. The molecule has 158 valence electrons. The zero-order valence-corrected chi connectivity index (χ0v) is 17.9. The molecule has 0 bridgehead atoms. The van der Waals surface area contributed by atoms with Crippen molar-refractivity contribution in [2.24, 2.45) is 0 Å². The molecule has 1 fully saturated rings. The number of hydrogen-bond acceptors (Lipinski definition) is 6. The topological polar surface area (TPSA) is 84.2 Å². The van der Waals surface area contributed by atoms with Crippen LogP contribution in [-0.4, -0.2) is 44.6 Å². The average molecular weight is 433 g/mol. The van der Waals surface area contributed by atoms with E-state index >= 15 is 0 Å². The lowest BCUT2D eigenvalue weighted by atomic mass is 10.1. The van der Waals surface area contributed by atoms with Gasteiger partial charge < -0.3 is 10.6 Å². The second kappa shape index (κ2) is 8.95. The molecular weight excluding hydrogens is 408 g/mol. The number of fused-ring (bicyclic) bond motifs is 1. The van der Waals surface area contributed by atoms with Gasteiger partial charge in [-0.05, 0) is 49.0 Å². The van der Waals surface area contributed by atoms with E-state index in [4.69, 9.17) is 4.98 Å². The molecule has 0 spiro atoms. The molecule has 0 aromatic carbocycles. The van der Waals surface area contributed by atoms with Gasteiger partial charge in [-0.2, -0.15) is 5.10 Å². The standard InChI is InChI=1S/C23H24N6OS/c30-23(26-14-17-5-2-1-3-9-24-17)16-7-10-25-20(13-16)18-15-27-29-11-8-19(28-22(18)29)21-6-4-12-31-21/h4,6-8,10-13,15,17,24H,1-3,5,9,14H2,(H,26,30). The summed E-state index contributed by atoms with van der Waals surface area (Å²) in [7, 11) is 0. The molecule has 5 rings (SSSR count). The quantitative estimate of drug-likeness (QED) is 0.501. The molecular formula is C23H24N6OS. The number of thiophene rings is 1. The van der Waals surface area contributed by atoms with E-state index in [9.17, 15) is 4.79 Å². The minimum absolute atomic E-state index is 0.0848. The highest BCUT2D eigenvalue weighted by atomic mass is 32.1. The lowest BCUT2D eigenvalue weighted by molar-refractivity contribution is 0.0949. The lowest BCUT2D eigenvalue weighted by Crippen LogP contribution is -2.40. The first-order valence-electron chi connectivity index (χ1n) is 10.6. The summed E-state index contributed by atoms with van der Waals surface area (Å²) in [5, 5.41) is 13.0. The average Bonchev–Trinajstić information content (AvgIpc) is 3.42. The molecule has 1 amide bonds. The van der Waals surface area contributed by atoms with E-state index in [1.807, 2.05) is 35.8 Å². The molecule has 0 radical (unpaired) electrons. The van der Waals surface area contributed by atoms with Gasteiger partial charge in [0.2, 0.25) is 0 Å². The first-order valence-corrected chi connectivity index (χ1v) is 11.5. The number of amides is 1. The van der Waals surface area contributed by atoms with Gasteiger partial charge >= 0.3 is 0 Å². The summed E-state index contributed by atoms with van der Waals surface area (Å²) in [5.41, 5.74) is 3.70. The number of pyridine rings is 1. The van der Waals surface area contributed by atoms with Crippen LogP contribution in [0.3, 0.4) is 0 Å². The Balaban J connectivity index is 1.37. The van der Waals surface area contributed by atoms with E-state index in [1.165, 1.54) is 19.3 Å². The van der Waals surface area contributed by atoms with E-state index in [0.29, 0.717) is 23.8 Å². The number of aromatic nitrogens is 4. The van der Waals surface area contributed by atoms with Crippen LogP contribution in [0.2, 0.25) is 0 Å². The van der Waals surface area contributed by atoms with Crippen LogP contribution in [0.15, 0.2) is 54.3 Å². The van der Waals surface area contributed by atoms with Crippen molar-refractivity contribution < 1.29 is 4.79 Å². The molecule has 1 atom stereocenters. The van der Waals surface area contributed by atoms with Crippen LogP contribution >= 0.6 is 11.3 Å². The van der Waals surface area contributed by atoms with E-state index < -0.39 is 0 Å². The number of nitrogens with one attached hydrogen (secondary N) is 2. The van der Waals surface area contributed by atoms with E-state index in [2.05, 4.69) is 20.7 Å². The van der Waals surface area contributed by atoms with Gasteiger partial charge in [0.15, 0.2) is 5.65 Å². The molecule has 31 heavy (non-hydrogen) atoms. The van der Waals surface area contributed by atoms with Crippen molar-refractivity contribution in [3.05, 3.63) is 59.9 Å². The van der Waals surface area contributed by atoms with E-state index in [1.54, 1.807) is 34.3 Å². The fourth-order valence-corrected chi connectivity index (χ4v) is 4.62. The van der Waals surface area contributed by atoms with Crippen molar-refractivity contribution in [1.82, 2.24) is 30.2 Å². The van der Waals surface area contributed by atoms with Crippen LogP contribution < -0.4 is 10.6 Å². The first-order chi connectivity index (χ1) is 15.3. The minimum atomic E-state index is -0.0848. The van der Waals surface area contributed by atoms with Crippen molar-refractivity contribution in [2.45, 2.75) is 31.7 Å². The van der Waals surface area contributed by atoms with Crippen LogP contribution in [-0.2, 0) is 0 Å². The number of hydrogen-bond donors (Lipinski definition) is 2. The van der Waals surface area contributed by atoms with Crippen LogP contribution in [0.5, 0.6) is 0 Å². The van der Waals surface area contributed by atoms with Crippen LogP contribution in [0.4, 0.5) is 0 Å². The zero-order valence-electron chi connectivity index (χ0n) is 17.1. The molecule has 5 heterocycles. The molecule has 1 saturated heterocycles. The summed E-state index contributed by atoms with van der Waals surface area (Å²) in [4.78, 5) is 23.1. The summed E-state index contributed by atoms with van der Waals surface area (Å²) in [5.74, 6) is -0.0848. The van der Waals surface area contributed by atoms with Gasteiger partial charge in [-0.15, -0.1) is 11.3 Å². The Bertz CT molecular complexity index is 1180. The van der Waals surface area contributed by atoms with Crippen molar-refractivity contribution in [3.63, 3.8) is 0 Å². The fourth-order valence-electron chi connectivity index (χ4n) is 3.92. The molecule has 0 aliphatic carbocycles. The Morgan fingerprint density at radius 3 is 3.10 bits per heavy atom. The highest BCUT2D eigenvalue weighted by Crippen LogP contribution is 2.27. The van der Waals surface area contributed by atoms with Gasteiger partial charge in [-0.25, -0.2) is 9.50 Å². The maximum Gasteiger partial charge on any atom is 0.251 e. The van der Waals surface area contributed by atoms with Gasteiger partial charge in [0.1, 0.15) is 0 Å². The van der Waals surface area contributed by atoms with Gasteiger partial charge in [0.05, 0.1) is 28.0 Å². The number of nitrogens with zero attached hydrogens (tertiary/aromatic N) is 4. The van der Waals surface area contributed by atoms with Crippen molar-refractivity contribution in [2.75, 3.05) is 13.1 Å². The second-order valence-electron chi connectivity index (χ2n) is 7.76. The zero-order chi connectivity index (χ0) is 21.0. The van der Waals surface area contributed by atoms with Crippen LogP contribution in [0, 0.1) is 0 Å². The predicted molar refractivity (Wildman–Crippen MR) is 122 cm³/mol. The third kappa shape index (κ3) is 4.35. The first kappa shape index (κ1) is 19.8. The summed E-state index contributed by atoms with van der Waals surface area (Å²) in [6.45, 7) is 1.66. The largest absolute Gasteiger partial charge is 0.350 e. The third-order valence-corrected chi connectivity index (χ3v) is 6.50. The Labute approximate surface area is 184 Å². The fraction of sp³-hybridized carbons (Fsp3) is 0.304. The maximum absolute atomic E-state index is 12.8. The minimum Gasteiger partial charge on any atom is -0.350 e. The number of carbonyl (C=O) groups excluding carboxylic acids is 1. The summed E-state index contributed by atoms with van der Waals surface area (Å²) >= 11 is 1.65. The van der Waals surface area contributed by atoms with Gasteiger partial charge in [-0.3, -0.25) is 9.78 Å².